The van der Waals surface area contributed by atoms with E-state index in [4.69, 9.17) is 9.90 Å². The molecule has 5 rings (SSSR count). The number of benzene rings is 2. The summed E-state index contributed by atoms with van der Waals surface area (Å²) in [6.07, 6.45) is 7.11. The summed E-state index contributed by atoms with van der Waals surface area (Å²) >= 11 is 1.47. The van der Waals surface area contributed by atoms with E-state index in [0.717, 1.165) is 70.2 Å². The molecule has 0 amide bonds. The summed E-state index contributed by atoms with van der Waals surface area (Å²) in [5.41, 5.74) is 4.68. The third kappa shape index (κ3) is 5.51. The molecule has 0 atom stereocenters. The van der Waals surface area contributed by atoms with Gasteiger partial charge in [0.1, 0.15) is 0 Å². The van der Waals surface area contributed by atoms with E-state index in [9.17, 15) is 10.0 Å². The zero-order chi connectivity index (χ0) is 25.7. The van der Waals surface area contributed by atoms with Crippen molar-refractivity contribution >= 4 is 50.6 Å². The van der Waals surface area contributed by atoms with Gasteiger partial charge in [-0.05, 0) is 67.5 Å². The van der Waals surface area contributed by atoms with Crippen molar-refractivity contribution < 1.29 is 19.9 Å². The predicted molar refractivity (Wildman–Crippen MR) is 146 cm³/mol. The molecule has 6 nitrogen and oxygen atoms in total. The molecule has 0 saturated heterocycles. The van der Waals surface area contributed by atoms with Crippen LogP contribution in [0.1, 0.15) is 73.2 Å². The lowest BCUT2D eigenvalue weighted by molar-refractivity contribution is -0.134. The first-order chi connectivity index (χ1) is 17.4. The number of ketones is 1. The van der Waals surface area contributed by atoms with Gasteiger partial charge in [-0.2, -0.15) is 0 Å². The van der Waals surface area contributed by atoms with Gasteiger partial charge in [-0.3, -0.25) is 9.59 Å². The second-order valence-electron chi connectivity index (χ2n) is 9.27. The number of aromatic nitrogens is 1. The van der Waals surface area contributed by atoms with Crippen LogP contribution < -0.4 is 0 Å². The van der Waals surface area contributed by atoms with Gasteiger partial charge in [-0.1, -0.05) is 43.0 Å². The van der Waals surface area contributed by atoms with Crippen molar-refractivity contribution in [2.75, 3.05) is 0 Å². The Morgan fingerprint density at radius 3 is 2.19 bits per heavy atom. The molecule has 7 heteroatoms. The molecule has 1 aliphatic rings. The Bertz CT molecular complexity index is 1390. The second kappa shape index (κ2) is 11.5. The van der Waals surface area contributed by atoms with Gasteiger partial charge in [0.15, 0.2) is 0 Å². The van der Waals surface area contributed by atoms with E-state index in [1.165, 1.54) is 37.0 Å². The second-order valence-corrected chi connectivity index (χ2v) is 10.2. The third-order valence-electron chi connectivity index (χ3n) is 6.91. The number of thiophene rings is 1. The Balaban J connectivity index is 0.000000709. The van der Waals surface area contributed by atoms with Crippen LogP contribution in [0.15, 0.2) is 59.1 Å². The van der Waals surface area contributed by atoms with E-state index in [1.54, 1.807) is 0 Å². The van der Waals surface area contributed by atoms with Crippen LogP contribution in [0.25, 0.3) is 21.8 Å². The summed E-state index contributed by atoms with van der Waals surface area (Å²) in [5.74, 6) is -0.0204. The van der Waals surface area contributed by atoms with Gasteiger partial charge >= 0.3 is 0 Å². The summed E-state index contributed by atoms with van der Waals surface area (Å²) < 4.78 is 2.28. The van der Waals surface area contributed by atoms with E-state index >= 15 is 0 Å². The Hall–Kier alpha value is -3.45. The largest absolute Gasteiger partial charge is 0.481 e. The highest BCUT2D eigenvalue weighted by atomic mass is 32.1. The normalized spacial score (nSPS) is 14.2. The minimum Gasteiger partial charge on any atom is -0.481 e. The minimum atomic E-state index is -0.833. The molecule has 2 aromatic heterocycles. The minimum absolute atomic E-state index is 0.0598. The van der Waals surface area contributed by atoms with Gasteiger partial charge in [-0.15, -0.1) is 11.3 Å². The number of hydrogen-bond acceptors (Lipinski definition) is 5. The monoisotopic (exact) mass is 504 g/mol. The average Bonchev–Trinajstić information content (AvgIpc) is 3.64. The summed E-state index contributed by atoms with van der Waals surface area (Å²) in [6.45, 7) is 4.07. The molecule has 2 heterocycles. The Labute approximate surface area is 214 Å². The lowest BCUT2D eigenvalue weighted by Gasteiger charge is -2.10. The van der Waals surface area contributed by atoms with Gasteiger partial charge < -0.3 is 14.9 Å². The van der Waals surface area contributed by atoms with Gasteiger partial charge in [-0.25, -0.2) is 0 Å². The fourth-order valence-electron chi connectivity index (χ4n) is 5.21. The number of fused-ring (bicyclic) bond motifs is 3. The van der Waals surface area contributed by atoms with Gasteiger partial charge in [0.25, 0.3) is 5.97 Å². The van der Waals surface area contributed by atoms with Crippen LogP contribution in [-0.4, -0.2) is 32.3 Å². The highest BCUT2D eigenvalue weighted by molar-refractivity contribution is 7.12. The summed E-state index contributed by atoms with van der Waals surface area (Å²) in [7, 11) is 0. The van der Waals surface area contributed by atoms with Crippen molar-refractivity contribution in [3.05, 3.63) is 69.9 Å². The Kier molecular flexibility index (Phi) is 8.21. The number of carboxylic acids is 1. The quantitative estimate of drug-likeness (QED) is 0.119. The molecule has 0 bridgehead atoms. The number of carbonyl (C=O) groups is 2. The molecular weight excluding hydrogens is 472 g/mol. The number of carboxylic acid groups (broad SMARTS) is 1. The van der Waals surface area contributed by atoms with Crippen LogP contribution in [0.3, 0.4) is 0 Å². The first kappa shape index (κ1) is 25.6. The SMILES string of the molecule is CC(=O)O.CCn1c2ccc(C(=O)c3cccs3)cc2c2cc(C(CCC3CCCC3)=NO)ccc21. The van der Waals surface area contributed by atoms with Crippen LogP contribution in [0, 0.1) is 5.92 Å². The fraction of sp³-hybridized carbons (Fsp3) is 0.345. The molecule has 1 fully saturated rings. The third-order valence-corrected chi connectivity index (χ3v) is 7.77. The van der Waals surface area contributed by atoms with Crippen LogP contribution in [0.2, 0.25) is 0 Å². The summed E-state index contributed by atoms with van der Waals surface area (Å²) in [5, 5.41) is 24.9. The number of hydrogen-bond donors (Lipinski definition) is 2. The first-order valence-corrected chi connectivity index (χ1v) is 13.4. The number of nitrogens with zero attached hydrogens (tertiary/aromatic N) is 2. The highest BCUT2D eigenvalue weighted by Gasteiger charge is 2.19. The van der Waals surface area contributed by atoms with Crippen LogP contribution in [0.5, 0.6) is 0 Å². The number of aryl methyl sites for hydroxylation is 1. The average molecular weight is 505 g/mol. The maximum atomic E-state index is 12.9. The van der Waals surface area contributed by atoms with Gasteiger partial charge in [0.05, 0.1) is 10.6 Å². The maximum Gasteiger partial charge on any atom is 0.300 e. The fourth-order valence-corrected chi connectivity index (χ4v) is 5.89. The lowest BCUT2D eigenvalue weighted by Crippen LogP contribution is -2.05. The molecule has 0 aliphatic heterocycles. The summed E-state index contributed by atoms with van der Waals surface area (Å²) in [4.78, 5) is 22.7. The molecule has 4 aromatic rings. The van der Waals surface area contributed by atoms with Gasteiger partial charge in [0.2, 0.25) is 5.78 Å². The van der Waals surface area contributed by atoms with Crippen molar-refractivity contribution in [2.24, 2.45) is 11.1 Å². The van der Waals surface area contributed by atoms with E-state index < -0.39 is 5.97 Å². The lowest BCUT2D eigenvalue weighted by atomic mass is 9.96. The Morgan fingerprint density at radius 1 is 1.03 bits per heavy atom. The number of oxime groups is 1. The van der Waals surface area contributed by atoms with Crippen molar-refractivity contribution in [3.63, 3.8) is 0 Å². The van der Waals surface area contributed by atoms with Crippen molar-refractivity contribution in [1.82, 2.24) is 4.57 Å². The number of carbonyl (C=O) groups excluding carboxylic acids is 1. The zero-order valence-corrected chi connectivity index (χ0v) is 21.6. The van der Waals surface area contributed by atoms with Gasteiger partial charge in [0, 0.05) is 46.4 Å². The van der Waals surface area contributed by atoms with Crippen LogP contribution >= 0.6 is 11.3 Å². The van der Waals surface area contributed by atoms with E-state index in [1.807, 2.05) is 29.6 Å². The zero-order valence-electron chi connectivity index (χ0n) is 20.7. The van der Waals surface area contributed by atoms with E-state index in [2.05, 4.69) is 40.9 Å². The molecule has 36 heavy (non-hydrogen) atoms. The number of rotatable bonds is 7. The smallest absolute Gasteiger partial charge is 0.300 e. The van der Waals surface area contributed by atoms with Crippen molar-refractivity contribution in [3.8, 4) is 0 Å². The molecule has 0 unspecified atom stereocenters. The first-order valence-electron chi connectivity index (χ1n) is 12.5. The molecular formula is C29H32N2O4S. The Morgan fingerprint density at radius 2 is 1.64 bits per heavy atom. The molecule has 1 saturated carbocycles. The van der Waals surface area contributed by atoms with Crippen molar-refractivity contribution in [2.45, 2.75) is 58.9 Å². The highest BCUT2D eigenvalue weighted by Crippen LogP contribution is 2.33. The summed E-state index contributed by atoms with van der Waals surface area (Å²) in [6, 6.07) is 16.1. The van der Waals surface area contributed by atoms with Crippen LogP contribution in [0.4, 0.5) is 0 Å². The molecule has 2 N–H and O–H groups in total. The van der Waals surface area contributed by atoms with Crippen LogP contribution in [-0.2, 0) is 11.3 Å². The predicted octanol–water partition coefficient (Wildman–Crippen LogP) is 7.35. The molecule has 0 radical (unpaired) electrons. The molecule has 1 aliphatic carbocycles. The number of aliphatic carboxylic acids is 1. The molecule has 2 aromatic carbocycles. The molecule has 188 valence electrons. The van der Waals surface area contributed by atoms with E-state index in [0.29, 0.717) is 5.56 Å². The topological polar surface area (TPSA) is 91.9 Å². The maximum absolute atomic E-state index is 12.9. The van der Waals surface area contributed by atoms with Crippen molar-refractivity contribution in [1.29, 1.82) is 0 Å². The molecule has 0 spiro atoms. The standard InChI is InChI=1S/C27H28N2O2S.C2H4O2/c1-2-29-24-13-10-19(23(28-31)12-9-18-6-3-4-7-18)16-21(24)22-17-20(11-14-25(22)29)27(30)26-8-5-15-32-26;1-2(3)4/h5,8,10-11,13-18,31H,2-4,6-7,9,12H2,1H3;1H3,(H,3,4). The van der Waals surface area contributed by atoms with E-state index in [-0.39, 0.29) is 5.78 Å².